The number of morpholine rings is 1. The third-order valence-electron chi connectivity index (χ3n) is 3.91. The topological polar surface area (TPSA) is 65.9 Å². The first-order chi connectivity index (χ1) is 11.2. The van der Waals surface area contributed by atoms with E-state index in [1.807, 2.05) is 6.07 Å². The van der Waals surface area contributed by atoms with Gasteiger partial charge in [0.15, 0.2) is 6.29 Å². The Hall–Kier alpha value is -0.710. The van der Waals surface area contributed by atoms with Crippen LogP contribution in [0.15, 0.2) is 6.07 Å². The van der Waals surface area contributed by atoms with Gasteiger partial charge in [-0.3, -0.25) is 0 Å². The first-order valence-electron chi connectivity index (χ1n) is 7.93. The van der Waals surface area contributed by atoms with Gasteiger partial charge in [-0.1, -0.05) is 0 Å². The van der Waals surface area contributed by atoms with Crippen LogP contribution in [-0.2, 0) is 14.2 Å². The summed E-state index contributed by atoms with van der Waals surface area (Å²) in [5, 5.41) is 0. The number of nitrogens with zero attached hydrogens (tertiary/aromatic N) is 3. The lowest BCUT2D eigenvalue weighted by atomic mass is 10.2. The van der Waals surface area contributed by atoms with Crippen molar-refractivity contribution in [2.24, 2.45) is 0 Å². The minimum absolute atomic E-state index is 0.0212. The molecule has 3 heterocycles. The summed E-state index contributed by atoms with van der Waals surface area (Å²) in [5.41, 5.74) is 0. The van der Waals surface area contributed by atoms with Gasteiger partial charge in [-0.25, -0.2) is 0 Å². The molecule has 1 aromatic rings. The van der Waals surface area contributed by atoms with Gasteiger partial charge in [-0.05, 0) is 41.9 Å². The molecule has 0 radical (unpaired) electrons. The first kappa shape index (κ1) is 17.1. The molecule has 23 heavy (non-hydrogen) atoms. The average Bonchev–Trinajstić information content (AvgIpc) is 2.60. The molecule has 2 aliphatic heterocycles. The average molecular weight is 435 g/mol. The van der Waals surface area contributed by atoms with Crippen molar-refractivity contribution in [3.05, 3.63) is 9.77 Å². The summed E-state index contributed by atoms with van der Waals surface area (Å²) in [6.45, 7) is 3.53. The lowest BCUT2D eigenvalue weighted by Gasteiger charge is -2.34. The molecule has 0 aromatic carbocycles. The summed E-state index contributed by atoms with van der Waals surface area (Å²) in [6, 6.07) is 2.35. The van der Waals surface area contributed by atoms with Gasteiger partial charge in [0.25, 0.3) is 0 Å². The van der Waals surface area contributed by atoms with Gasteiger partial charge in [-0.2, -0.15) is 9.97 Å². The number of hydrogen-bond acceptors (Lipinski definition) is 7. The molecule has 3 rings (SSSR count). The number of ether oxygens (including phenoxy) is 4. The first-order valence-corrected chi connectivity index (χ1v) is 9.01. The highest BCUT2D eigenvalue weighted by Crippen LogP contribution is 2.21. The third kappa shape index (κ3) is 4.88. The largest absolute Gasteiger partial charge is 0.467 e. The molecule has 2 unspecified atom stereocenters. The van der Waals surface area contributed by atoms with E-state index in [-0.39, 0.29) is 12.4 Å². The molecule has 8 heteroatoms. The Kier molecular flexibility index (Phi) is 6.26. The fourth-order valence-electron chi connectivity index (χ4n) is 2.72. The number of aromatic nitrogens is 2. The summed E-state index contributed by atoms with van der Waals surface area (Å²) in [4.78, 5) is 10.8. The Bertz CT molecular complexity index is 513. The van der Waals surface area contributed by atoms with Crippen LogP contribution in [0.2, 0.25) is 0 Å². The molecule has 7 nitrogen and oxygen atoms in total. The van der Waals surface area contributed by atoms with Crippen molar-refractivity contribution in [1.29, 1.82) is 0 Å². The Labute approximate surface area is 149 Å². The Balaban J connectivity index is 1.56. The second-order valence-corrected chi connectivity index (χ2v) is 6.71. The van der Waals surface area contributed by atoms with E-state index in [1.54, 1.807) is 7.11 Å². The second-order valence-electron chi connectivity index (χ2n) is 5.60. The van der Waals surface area contributed by atoms with Crippen molar-refractivity contribution in [3.63, 3.8) is 0 Å². The van der Waals surface area contributed by atoms with Crippen molar-refractivity contribution in [2.75, 3.05) is 44.9 Å². The van der Waals surface area contributed by atoms with Crippen LogP contribution in [0, 0.1) is 3.70 Å². The van der Waals surface area contributed by atoms with E-state index in [4.69, 9.17) is 18.9 Å². The molecule has 1 aromatic heterocycles. The van der Waals surface area contributed by atoms with Crippen LogP contribution in [0.3, 0.4) is 0 Å². The third-order valence-corrected chi connectivity index (χ3v) is 4.46. The van der Waals surface area contributed by atoms with Crippen molar-refractivity contribution in [2.45, 2.75) is 31.7 Å². The zero-order chi connectivity index (χ0) is 16.1. The molecule has 0 aliphatic carbocycles. The van der Waals surface area contributed by atoms with E-state index in [0.29, 0.717) is 19.2 Å². The summed E-state index contributed by atoms with van der Waals surface area (Å²) in [6.07, 6.45) is 3.21. The minimum atomic E-state index is -0.0807. The molecule has 0 saturated carbocycles. The number of halogens is 1. The molecule has 128 valence electrons. The maximum atomic E-state index is 5.84. The summed E-state index contributed by atoms with van der Waals surface area (Å²) < 4.78 is 23.3. The van der Waals surface area contributed by atoms with Gasteiger partial charge in [0.1, 0.15) is 9.52 Å². The summed E-state index contributed by atoms with van der Waals surface area (Å²) >= 11 is 2.17. The van der Waals surface area contributed by atoms with Crippen LogP contribution >= 0.6 is 22.6 Å². The Morgan fingerprint density at radius 1 is 1.30 bits per heavy atom. The standard InChI is InChI=1S/C15H22IN3O4/c1-20-15-17-12(16)8-13(18-15)19-5-7-21-11(9-19)10-23-14-4-2-3-6-22-14/h8,11,14H,2-7,9-10H2,1H3. The highest BCUT2D eigenvalue weighted by molar-refractivity contribution is 14.1. The SMILES string of the molecule is COc1nc(I)cc(N2CCOC(COC3CCCCO3)C2)n1. The molecule has 0 N–H and O–H groups in total. The predicted octanol–water partition coefficient (Wildman–Crippen LogP) is 1.84. The summed E-state index contributed by atoms with van der Waals surface area (Å²) in [7, 11) is 1.58. The van der Waals surface area contributed by atoms with Crippen molar-refractivity contribution in [1.82, 2.24) is 9.97 Å². The molecule has 0 bridgehead atoms. The van der Waals surface area contributed by atoms with Crippen molar-refractivity contribution < 1.29 is 18.9 Å². The zero-order valence-corrected chi connectivity index (χ0v) is 15.4. The number of hydrogen-bond donors (Lipinski definition) is 0. The fraction of sp³-hybridized carbons (Fsp3) is 0.733. The van der Waals surface area contributed by atoms with E-state index >= 15 is 0 Å². The fourth-order valence-corrected chi connectivity index (χ4v) is 3.21. The van der Waals surface area contributed by atoms with E-state index in [1.165, 1.54) is 6.42 Å². The quantitative estimate of drug-likeness (QED) is 0.517. The van der Waals surface area contributed by atoms with Gasteiger partial charge in [0.05, 0.1) is 26.4 Å². The number of rotatable bonds is 5. The van der Waals surface area contributed by atoms with Crippen molar-refractivity contribution in [3.8, 4) is 6.01 Å². The lowest BCUT2D eigenvalue weighted by molar-refractivity contribution is -0.180. The van der Waals surface area contributed by atoms with Crippen LogP contribution in [0.4, 0.5) is 5.82 Å². The normalized spacial score (nSPS) is 25.4. The summed E-state index contributed by atoms with van der Waals surface area (Å²) in [5.74, 6) is 0.864. The van der Waals surface area contributed by atoms with Gasteiger partial charge in [0, 0.05) is 25.8 Å². The second kappa shape index (κ2) is 8.41. The monoisotopic (exact) mass is 435 g/mol. The molecule has 0 amide bonds. The zero-order valence-electron chi connectivity index (χ0n) is 13.2. The Morgan fingerprint density at radius 2 is 2.22 bits per heavy atom. The highest BCUT2D eigenvalue weighted by atomic mass is 127. The van der Waals surface area contributed by atoms with Crippen LogP contribution in [0.5, 0.6) is 6.01 Å². The van der Waals surface area contributed by atoms with E-state index in [2.05, 4.69) is 37.5 Å². The predicted molar refractivity (Wildman–Crippen MR) is 92.8 cm³/mol. The van der Waals surface area contributed by atoms with Crippen LogP contribution in [-0.4, -0.2) is 62.4 Å². The van der Waals surface area contributed by atoms with Crippen LogP contribution in [0.25, 0.3) is 0 Å². The molecule has 0 spiro atoms. The molecule has 2 fully saturated rings. The van der Waals surface area contributed by atoms with Crippen molar-refractivity contribution >= 4 is 28.4 Å². The molecule has 2 atom stereocenters. The van der Waals surface area contributed by atoms with E-state index in [9.17, 15) is 0 Å². The maximum absolute atomic E-state index is 5.84. The number of methoxy groups -OCH3 is 1. The highest BCUT2D eigenvalue weighted by Gasteiger charge is 2.24. The Morgan fingerprint density at radius 3 is 3.00 bits per heavy atom. The molecule has 2 aliphatic rings. The lowest BCUT2D eigenvalue weighted by Crippen LogP contribution is -2.45. The van der Waals surface area contributed by atoms with Gasteiger partial charge >= 0.3 is 6.01 Å². The van der Waals surface area contributed by atoms with Gasteiger partial charge < -0.3 is 23.8 Å². The van der Waals surface area contributed by atoms with Gasteiger partial charge in [-0.15, -0.1) is 0 Å². The smallest absolute Gasteiger partial charge is 0.319 e. The molecular weight excluding hydrogens is 413 g/mol. The van der Waals surface area contributed by atoms with Crippen LogP contribution < -0.4 is 9.64 Å². The minimum Gasteiger partial charge on any atom is -0.467 e. The maximum Gasteiger partial charge on any atom is 0.319 e. The number of anilines is 1. The molecule has 2 saturated heterocycles. The van der Waals surface area contributed by atoms with Gasteiger partial charge in [0.2, 0.25) is 0 Å². The van der Waals surface area contributed by atoms with E-state index < -0.39 is 0 Å². The van der Waals surface area contributed by atoms with Crippen LogP contribution in [0.1, 0.15) is 19.3 Å². The van der Waals surface area contributed by atoms with E-state index in [0.717, 1.165) is 42.1 Å². The molecular formula is C15H22IN3O4.